The molecule has 0 radical (unpaired) electrons. The van der Waals surface area contributed by atoms with Gasteiger partial charge in [0.2, 0.25) is 0 Å². The average molecular weight is 617 g/mol. The minimum absolute atomic E-state index is 0.201. The third-order valence-corrected chi connectivity index (χ3v) is 12.3. The summed E-state index contributed by atoms with van der Waals surface area (Å²) in [6.45, 7) is 2.50. The SMILES string of the molecule is CC12C=CC=CC1c1c(-c3ccc4c(c3)-c3cccc5cccc(c35)S4)cccc1C2(c1ccccc1)c1cccc2ccccc12. The lowest BCUT2D eigenvalue weighted by Gasteiger charge is -2.47. The van der Waals surface area contributed by atoms with Crippen molar-refractivity contribution in [3.05, 3.63) is 192 Å². The van der Waals surface area contributed by atoms with Gasteiger partial charge in [-0.05, 0) is 78.9 Å². The molecule has 7 aromatic carbocycles. The van der Waals surface area contributed by atoms with Gasteiger partial charge in [-0.25, -0.2) is 0 Å². The fraction of sp³-hybridized carbons (Fsp3) is 0.0870. The summed E-state index contributed by atoms with van der Waals surface area (Å²) in [5.41, 5.74) is 10.2. The van der Waals surface area contributed by atoms with Crippen molar-refractivity contribution in [1.82, 2.24) is 0 Å². The predicted octanol–water partition coefficient (Wildman–Crippen LogP) is 12.4. The van der Waals surface area contributed by atoms with Crippen molar-refractivity contribution in [2.75, 3.05) is 0 Å². The summed E-state index contributed by atoms with van der Waals surface area (Å²) < 4.78 is 0. The van der Waals surface area contributed by atoms with E-state index in [2.05, 4.69) is 177 Å². The molecule has 3 aliphatic rings. The Balaban J connectivity index is 1.29. The molecule has 0 amide bonds. The quantitative estimate of drug-likeness (QED) is 0.190. The Hall–Kier alpha value is -5.11. The second-order valence-electron chi connectivity index (χ2n) is 13.4. The average Bonchev–Trinajstić information content (AvgIpc) is 3.37. The first kappa shape index (κ1) is 27.0. The Morgan fingerprint density at radius 1 is 0.553 bits per heavy atom. The molecule has 1 aliphatic heterocycles. The van der Waals surface area contributed by atoms with Crippen molar-refractivity contribution in [3.63, 3.8) is 0 Å². The van der Waals surface area contributed by atoms with Gasteiger partial charge in [0.1, 0.15) is 0 Å². The molecule has 3 unspecified atom stereocenters. The van der Waals surface area contributed by atoms with Crippen LogP contribution in [0.3, 0.4) is 0 Å². The minimum Gasteiger partial charge on any atom is -0.0888 e. The number of allylic oxidation sites excluding steroid dienone is 4. The molecule has 222 valence electrons. The van der Waals surface area contributed by atoms with Crippen molar-refractivity contribution in [3.8, 4) is 22.3 Å². The largest absolute Gasteiger partial charge is 0.0888 e. The Kier molecular flexibility index (Phi) is 5.72. The first-order valence-corrected chi connectivity index (χ1v) is 17.4. The van der Waals surface area contributed by atoms with Gasteiger partial charge in [0, 0.05) is 26.5 Å². The third-order valence-electron chi connectivity index (χ3n) is 11.2. The van der Waals surface area contributed by atoms with Crippen molar-refractivity contribution < 1.29 is 0 Å². The summed E-state index contributed by atoms with van der Waals surface area (Å²) in [4.78, 5) is 2.67. The van der Waals surface area contributed by atoms with Crippen LogP contribution in [0.2, 0.25) is 0 Å². The van der Waals surface area contributed by atoms with Crippen LogP contribution >= 0.6 is 11.8 Å². The van der Waals surface area contributed by atoms with Gasteiger partial charge < -0.3 is 0 Å². The standard InChI is InChI=1S/C46H32S/c1-45-28-8-7-22-39(45)44-35(32-26-27-41-37(29-32)36-21-9-15-31-16-11-25-42(47-41)43(31)36)20-12-24-40(44)46(45,33-17-3-2-4-18-33)38-23-10-14-30-13-5-6-19-34(30)38/h2-29,39H,1H3. The lowest BCUT2D eigenvalue weighted by Crippen LogP contribution is -2.43. The molecule has 0 spiro atoms. The van der Waals surface area contributed by atoms with Crippen LogP contribution in [-0.2, 0) is 5.41 Å². The highest BCUT2D eigenvalue weighted by atomic mass is 32.2. The Morgan fingerprint density at radius 3 is 2.19 bits per heavy atom. The van der Waals surface area contributed by atoms with Crippen LogP contribution in [-0.4, -0.2) is 0 Å². The van der Waals surface area contributed by atoms with Gasteiger partial charge >= 0.3 is 0 Å². The molecular weight excluding hydrogens is 585 g/mol. The molecule has 10 rings (SSSR count). The van der Waals surface area contributed by atoms with E-state index in [-0.39, 0.29) is 11.3 Å². The zero-order valence-electron chi connectivity index (χ0n) is 26.2. The Morgan fingerprint density at radius 2 is 1.28 bits per heavy atom. The molecule has 1 heteroatoms. The van der Waals surface area contributed by atoms with Gasteiger partial charge in [-0.15, -0.1) is 0 Å². The van der Waals surface area contributed by atoms with E-state index in [1.165, 1.54) is 75.8 Å². The Bertz CT molecular complexity index is 2460. The van der Waals surface area contributed by atoms with Gasteiger partial charge in [-0.3, -0.25) is 0 Å². The maximum atomic E-state index is 2.50. The molecule has 0 bridgehead atoms. The molecule has 0 N–H and O–H groups in total. The molecule has 0 aromatic heterocycles. The van der Waals surface area contributed by atoms with Crippen molar-refractivity contribution >= 4 is 33.3 Å². The Labute approximate surface area is 280 Å². The molecule has 7 aromatic rings. The van der Waals surface area contributed by atoms with Crippen LogP contribution in [0.15, 0.2) is 180 Å². The summed E-state index contributed by atoms with van der Waals surface area (Å²) >= 11 is 1.90. The number of hydrogen-bond donors (Lipinski definition) is 0. The highest BCUT2D eigenvalue weighted by Crippen LogP contribution is 2.68. The van der Waals surface area contributed by atoms with Crippen molar-refractivity contribution in [2.45, 2.75) is 28.0 Å². The van der Waals surface area contributed by atoms with Crippen molar-refractivity contribution in [1.29, 1.82) is 0 Å². The maximum Gasteiger partial charge on any atom is 0.0557 e. The first-order valence-electron chi connectivity index (χ1n) is 16.6. The number of rotatable bonds is 3. The van der Waals surface area contributed by atoms with Gasteiger partial charge in [0.25, 0.3) is 0 Å². The smallest absolute Gasteiger partial charge is 0.0557 e. The molecule has 47 heavy (non-hydrogen) atoms. The third kappa shape index (κ3) is 3.56. The van der Waals surface area contributed by atoms with E-state index in [0.717, 1.165) is 0 Å². The summed E-state index contributed by atoms with van der Waals surface area (Å²) in [5.74, 6) is 0.201. The summed E-state index contributed by atoms with van der Waals surface area (Å²) in [6, 6.07) is 54.8. The molecular formula is C46H32S. The van der Waals surface area contributed by atoms with E-state index in [9.17, 15) is 0 Å². The molecule has 0 fully saturated rings. The van der Waals surface area contributed by atoms with E-state index in [1.54, 1.807) is 0 Å². The molecule has 0 nitrogen and oxygen atoms in total. The molecule has 2 aliphatic carbocycles. The predicted molar refractivity (Wildman–Crippen MR) is 198 cm³/mol. The fourth-order valence-electron chi connectivity index (χ4n) is 9.29. The van der Waals surface area contributed by atoms with Crippen LogP contribution in [0.4, 0.5) is 0 Å². The van der Waals surface area contributed by atoms with E-state index in [1.807, 2.05) is 11.8 Å². The second kappa shape index (κ2) is 9.94. The summed E-state index contributed by atoms with van der Waals surface area (Å²) in [6.07, 6.45) is 9.50. The van der Waals surface area contributed by atoms with Crippen LogP contribution in [0.5, 0.6) is 0 Å². The number of hydrogen-bond acceptors (Lipinski definition) is 1. The molecule has 0 saturated heterocycles. The molecule has 3 atom stereocenters. The van der Waals surface area contributed by atoms with Gasteiger partial charge in [-0.2, -0.15) is 0 Å². The normalized spacial score (nSPS) is 21.9. The molecule has 1 heterocycles. The van der Waals surface area contributed by atoms with E-state index in [4.69, 9.17) is 0 Å². The van der Waals surface area contributed by atoms with Crippen LogP contribution in [0, 0.1) is 5.41 Å². The lowest BCUT2D eigenvalue weighted by molar-refractivity contribution is 0.290. The number of benzene rings is 7. The van der Waals surface area contributed by atoms with E-state index >= 15 is 0 Å². The fourth-order valence-corrected chi connectivity index (χ4v) is 10.4. The van der Waals surface area contributed by atoms with Gasteiger partial charge in [0.05, 0.1) is 5.41 Å². The maximum absolute atomic E-state index is 2.50. The minimum atomic E-state index is -0.402. The lowest BCUT2D eigenvalue weighted by atomic mass is 9.54. The monoisotopic (exact) mass is 616 g/mol. The van der Waals surface area contributed by atoms with Crippen molar-refractivity contribution in [2.24, 2.45) is 5.41 Å². The van der Waals surface area contributed by atoms with E-state index < -0.39 is 5.41 Å². The molecule has 0 saturated carbocycles. The highest BCUT2D eigenvalue weighted by Gasteiger charge is 2.61. The number of fused-ring (bicyclic) bond motifs is 6. The topological polar surface area (TPSA) is 0 Å². The van der Waals surface area contributed by atoms with Crippen LogP contribution < -0.4 is 0 Å². The van der Waals surface area contributed by atoms with Crippen LogP contribution in [0.1, 0.15) is 35.1 Å². The van der Waals surface area contributed by atoms with Crippen LogP contribution in [0.25, 0.3) is 43.8 Å². The highest BCUT2D eigenvalue weighted by molar-refractivity contribution is 7.99. The zero-order valence-corrected chi connectivity index (χ0v) is 27.0. The van der Waals surface area contributed by atoms with Gasteiger partial charge in [-0.1, -0.05) is 170 Å². The second-order valence-corrected chi connectivity index (χ2v) is 14.5. The summed E-state index contributed by atoms with van der Waals surface area (Å²) in [7, 11) is 0. The van der Waals surface area contributed by atoms with E-state index in [0.29, 0.717) is 0 Å². The zero-order chi connectivity index (χ0) is 31.2. The van der Waals surface area contributed by atoms with Gasteiger partial charge in [0.15, 0.2) is 0 Å². The summed E-state index contributed by atoms with van der Waals surface area (Å²) in [5, 5.41) is 5.27. The first-order chi connectivity index (χ1) is 23.2.